The van der Waals surface area contributed by atoms with Crippen molar-refractivity contribution in [2.75, 3.05) is 5.32 Å². The maximum Gasteiger partial charge on any atom is 0.253 e. The van der Waals surface area contributed by atoms with Crippen molar-refractivity contribution in [3.8, 4) is 0 Å². The maximum atomic E-state index is 13.4. The summed E-state index contributed by atoms with van der Waals surface area (Å²) in [4.78, 5) is 2.49. The zero-order valence-corrected chi connectivity index (χ0v) is 10.7. The molecule has 2 heterocycles. The molecule has 0 aliphatic carbocycles. The van der Waals surface area contributed by atoms with E-state index in [0.29, 0.717) is 6.42 Å². The van der Waals surface area contributed by atoms with Crippen LogP contribution in [-0.2, 0) is 6.42 Å². The van der Waals surface area contributed by atoms with Crippen molar-refractivity contribution < 1.29 is 17.6 Å². The molecule has 0 aliphatic rings. The molecule has 0 aromatic carbocycles. The highest BCUT2D eigenvalue weighted by molar-refractivity contribution is 7.07. The van der Waals surface area contributed by atoms with E-state index in [1.807, 2.05) is 16.8 Å². The molecule has 19 heavy (non-hydrogen) atoms. The van der Waals surface area contributed by atoms with Crippen LogP contribution in [0.5, 0.6) is 0 Å². The Bertz CT molecular complexity index is 545. The van der Waals surface area contributed by atoms with E-state index in [4.69, 9.17) is 0 Å². The summed E-state index contributed by atoms with van der Waals surface area (Å²) in [6.07, 6.45) is 0.480. The number of aromatic nitrogens is 1. The molecule has 2 nitrogen and oxygen atoms in total. The fourth-order valence-electron chi connectivity index (χ4n) is 1.67. The van der Waals surface area contributed by atoms with Gasteiger partial charge in [-0.05, 0) is 35.7 Å². The van der Waals surface area contributed by atoms with Gasteiger partial charge in [0.15, 0.2) is 0 Å². The Balaban J connectivity index is 2.19. The van der Waals surface area contributed by atoms with E-state index in [9.17, 15) is 17.6 Å². The molecule has 0 fully saturated rings. The third-order valence-corrected chi connectivity index (χ3v) is 3.24. The smallest absolute Gasteiger partial charge is 0.253 e. The van der Waals surface area contributed by atoms with Gasteiger partial charge in [-0.2, -0.15) is 33.9 Å². The number of nitrogens with zero attached hydrogens (tertiary/aromatic N) is 1. The predicted octanol–water partition coefficient (Wildman–Crippen LogP) is 3.74. The van der Waals surface area contributed by atoms with Crippen LogP contribution in [0.2, 0.25) is 0 Å². The van der Waals surface area contributed by atoms with Crippen molar-refractivity contribution in [3.63, 3.8) is 0 Å². The molecule has 1 unspecified atom stereocenters. The zero-order valence-electron chi connectivity index (χ0n) is 9.88. The summed E-state index contributed by atoms with van der Waals surface area (Å²) in [5.41, 5.74) is 0.147. The van der Waals surface area contributed by atoms with Gasteiger partial charge in [0, 0.05) is 6.04 Å². The molecule has 2 aromatic heterocycles. The van der Waals surface area contributed by atoms with Gasteiger partial charge in [-0.1, -0.05) is 0 Å². The van der Waals surface area contributed by atoms with E-state index in [1.165, 1.54) is 11.3 Å². The lowest BCUT2D eigenvalue weighted by Crippen LogP contribution is -2.21. The molecular formula is C12H10F4N2S. The summed E-state index contributed by atoms with van der Waals surface area (Å²) in [6, 6.07) is 1.48. The van der Waals surface area contributed by atoms with Gasteiger partial charge >= 0.3 is 0 Å². The summed E-state index contributed by atoms with van der Waals surface area (Å²) in [7, 11) is 0. The number of hydrogen-bond acceptors (Lipinski definition) is 3. The molecule has 2 aromatic rings. The SMILES string of the molecule is CC(Cc1ccsc1)Nc1c(F)c(F)nc(F)c1F. The van der Waals surface area contributed by atoms with Crippen LogP contribution >= 0.6 is 11.3 Å². The molecule has 1 N–H and O–H groups in total. The molecule has 102 valence electrons. The first-order valence-electron chi connectivity index (χ1n) is 5.46. The molecule has 0 saturated heterocycles. The van der Waals surface area contributed by atoms with Crippen LogP contribution in [0.3, 0.4) is 0 Å². The van der Waals surface area contributed by atoms with Crippen LogP contribution in [0.4, 0.5) is 23.2 Å². The fraction of sp³-hybridized carbons (Fsp3) is 0.250. The third-order valence-electron chi connectivity index (χ3n) is 2.51. The van der Waals surface area contributed by atoms with Crippen LogP contribution in [0.15, 0.2) is 16.8 Å². The highest BCUT2D eigenvalue weighted by atomic mass is 32.1. The topological polar surface area (TPSA) is 24.9 Å². The van der Waals surface area contributed by atoms with E-state index in [-0.39, 0.29) is 6.04 Å². The van der Waals surface area contributed by atoms with Gasteiger partial charge in [-0.3, -0.25) is 0 Å². The minimum Gasteiger partial charge on any atom is -0.377 e. The maximum absolute atomic E-state index is 13.4. The highest BCUT2D eigenvalue weighted by Gasteiger charge is 2.21. The van der Waals surface area contributed by atoms with Crippen molar-refractivity contribution in [3.05, 3.63) is 45.9 Å². The van der Waals surface area contributed by atoms with Gasteiger partial charge in [0.25, 0.3) is 11.9 Å². The van der Waals surface area contributed by atoms with Gasteiger partial charge in [-0.25, -0.2) is 0 Å². The number of halogens is 4. The van der Waals surface area contributed by atoms with Gasteiger partial charge < -0.3 is 5.32 Å². The second-order valence-corrected chi connectivity index (χ2v) is 4.86. The summed E-state index contributed by atoms with van der Waals surface area (Å²) in [6.45, 7) is 1.66. The van der Waals surface area contributed by atoms with Crippen LogP contribution in [0.1, 0.15) is 12.5 Å². The molecule has 0 aliphatic heterocycles. The van der Waals surface area contributed by atoms with Gasteiger partial charge in [0.2, 0.25) is 11.6 Å². The van der Waals surface area contributed by atoms with Crippen molar-refractivity contribution in [2.24, 2.45) is 0 Å². The van der Waals surface area contributed by atoms with Crippen LogP contribution in [-0.4, -0.2) is 11.0 Å². The standard InChI is InChI=1S/C12H10F4N2S/c1-6(4-7-2-3-19-5-7)17-10-8(13)11(15)18-12(16)9(10)14/h2-3,5-6H,4H2,1H3,(H,17,18). The Kier molecular flexibility index (Phi) is 4.04. The second-order valence-electron chi connectivity index (χ2n) is 4.08. The van der Waals surface area contributed by atoms with E-state index in [0.717, 1.165) is 5.56 Å². The first-order chi connectivity index (χ1) is 8.99. The van der Waals surface area contributed by atoms with E-state index in [1.54, 1.807) is 6.92 Å². The van der Waals surface area contributed by atoms with Crippen molar-refractivity contribution in [1.29, 1.82) is 0 Å². The van der Waals surface area contributed by atoms with Gasteiger partial charge in [-0.15, -0.1) is 0 Å². The predicted molar refractivity (Wildman–Crippen MR) is 65.2 cm³/mol. The molecule has 0 bridgehead atoms. The Morgan fingerprint density at radius 1 is 1.21 bits per heavy atom. The normalized spacial score (nSPS) is 12.5. The first kappa shape index (κ1) is 13.8. The summed E-state index contributed by atoms with van der Waals surface area (Å²) in [5.74, 6) is -6.36. The molecular weight excluding hydrogens is 280 g/mol. The molecule has 0 spiro atoms. The van der Waals surface area contributed by atoms with E-state index >= 15 is 0 Å². The fourth-order valence-corrected chi connectivity index (χ4v) is 2.36. The lowest BCUT2D eigenvalue weighted by atomic mass is 10.1. The zero-order chi connectivity index (χ0) is 14.0. The number of rotatable bonds is 4. The monoisotopic (exact) mass is 290 g/mol. The first-order valence-corrected chi connectivity index (χ1v) is 6.41. The number of thiophene rings is 1. The van der Waals surface area contributed by atoms with Gasteiger partial charge in [0.05, 0.1) is 0 Å². The molecule has 0 radical (unpaired) electrons. The summed E-state index contributed by atoms with van der Waals surface area (Å²) >= 11 is 1.49. The number of anilines is 1. The van der Waals surface area contributed by atoms with Crippen molar-refractivity contribution >= 4 is 17.0 Å². The second kappa shape index (κ2) is 5.56. The summed E-state index contributed by atoms with van der Waals surface area (Å²) in [5, 5.41) is 6.19. The van der Waals surface area contributed by atoms with E-state index in [2.05, 4.69) is 10.3 Å². The van der Waals surface area contributed by atoms with E-state index < -0.39 is 29.2 Å². The molecule has 0 saturated carbocycles. The quantitative estimate of drug-likeness (QED) is 0.685. The van der Waals surface area contributed by atoms with Crippen molar-refractivity contribution in [2.45, 2.75) is 19.4 Å². The minimum absolute atomic E-state index is 0.389. The summed E-state index contributed by atoms with van der Waals surface area (Å²) < 4.78 is 52.6. The molecule has 7 heteroatoms. The van der Waals surface area contributed by atoms with Crippen molar-refractivity contribution in [1.82, 2.24) is 4.98 Å². The number of pyridine rings is 1. The lowest BCUT2D eigenvalue weighted by Gasteiger charge is -2.16. The van der Waals surface area contributed by atoms with Gasteiger partial charge in [0.1, 0.15) is 5.69 Å². The van der Waals surface area contributed by atoms with Crippen LogP contribution in [0.25, 0.3) is 0 Å². The Labute approximate surface area is 111 Å². The van der Waals surface area contributed by atoms with Crippen LogP contribution < -0.4 is 5.32 Å². The molecule has 2 rings (SSSR count). The average molecular weight is 290 g/mol. The average Bonchev–Trinajstić information content (AvgIpc) is 2.85. The Hall–Kier alpha value is -1.63. The minimum atomic E-state index is -1.66. The largest absolute Gasteiger partial charge is 0.377 e. The Morgan fingerprint density at radius 3 is 2.37 bits per heavy atom. The molecule has 1 atom stereocenters. The third kappa shape index (κ3) is 3.04. The Morgan fingerprint density at radius 2 is 1.84 bits per heavy atom. The molecule has 0 amide bonds. The highest BCUT2D eigenvalue weighted by Crippen LogP contribution is 2.23. The number of nitrogens with one attached hydrogen (secondary N) is 1. The number of hydrogen-bond donors (Lipinski definition) is 1. The lowest BCUT2D eigenvalue weighted by molar-refractivity contribution is 0.409. The van der Waals surface area contributed by atoms with Crippen LogP contribution in [0, 0.1) is 23.5 Å².